The fraction of sp³-hybridized carbons (Fsp3) is 0.455. The summed E-state index contributed by atoms with van der Waals surface area (Å²) in [5.41, 5.74) is 0.126. The van der Waals surface area contributed by atoms with Crippen LogP contribution in [-0.4, -0.2) is 64.8 Å². The molecule has 3 amide bonds. The second kappa shape index (κ2) is 12.0. The van der Waals surface area contributed by atoms with Crippen LogP contribution in [0.3, 0.4) is 0 Å². The molecule has 2 heterocycles. The first-order valence-corrected chi connectivity index (χ1v) is 12.2. The predicted octanol–water partition coefficient (Wildman–Crippen LogP) is 4.02. The van der Waals surface area contributed by atoms with Crippen molar-refractivity contribution in [1.29, 1.82) is 0 Å². The molecule has 0 spiro atoms. The van der Waals surface area contributed by atoms with E-state index in [1.165, 1.54) is 12.1 Å². The summed E-state index contributed by atoms with van der Waals surface area (Å²) >= 11 is 7.33. The zero-order chi connectivity index (χ0) is 23.8. The Morgan fingerprint density at radius 1 is 1.27 bits per heavy atom. The van der Waals surface area contributed by atoms with E-state index in [0.717, 1.165) is 24.6 Å². The van der Waals surface area contributed by atoms with Gasteiger partial charge in [-0.1, -0.05) is 48.8 Å². The van der Waals surface area contributed by atoms with Gasteiger partial charge in [0.25, 0.3) is 0 Å². The van der Waals surface area contributed by atoms with Crippen LogP contribution >= 0.6 is 23.4 Å². The lowest BCUT2D eigenvalue weighted by Gasteiger charge is -2.40. The molecule has 1 aromatic carbocycles. The highest BCUT2D eigenvalue weighted by atomic mass is 35.5. The number of unbranched alkanes of at least 4 members (excludes halogenated alkanes) is 1. The van der Waals surface area contributed by atoms with Crippen LogP contribution in [0.1, 0.15) is 26.7 Å². The Hall–Kier alpha value is -2.59. The molecule has 178 valence electrons. The van der Waals surface area contributed by atoms with Gasteiger partial charge in [-0.25, -0.2) is 19.2 Å². The van der Waals surface area contributed by atoms with Gasteiger partial charge in [0.1, 0.15) is 16.8 Å². The van der Waals surface area contributed by atoms with Gasteiger partial charge in [0.2, 0.25) is 5.91 Å². The largest absolute Gasteiger partial charge is 0.353 e. The third-order valence-electron chi connectivity index (χ3n) is 5.16. The molecule has 0 aliphatic carbocycles. The van der Waals surface area contributed by atoms with E-state index in [4.69, 9.17) is 11.6 Å². The summed E-state index contributed by atoms with van der Waals surface area (Å²) in [6, 6.07) is 7.61. The van der Waals surface area contributed by atoms with Crippen LogP contribution in [0.25, 0.3) is 0 Å². The Balaban J connectivity index is 1.57. The molecular weight excluding hydrogens is 467 g/mol. The molecule has 33 heavy (non-hydrogen) atoms. The second-order valence-electron chi connectivity index (χ2n) is 7.72. The number of hydrogen-bond acceptors (Lipinski definition) is 6. The Kier molecular flexibility index (Phi) is 9.13. The van der Waals surface area contributed by atoms with E-state index in [0.29, 0.717) is 37.2 Å². The average Bonchev–Trinajstić information content (AvgIpc) is 2.79. The minimum atomic E-state index is -0.496. The van der Waals surface area contributed by atoms with Crippen LogP contribution in [0, 0.1) is 5.82 Å². The van der Waals surface area contributed by atoms with E-state index in [1.807, 2.05) is 11.8 Å². The zero-order valence-electron chi connectivity index (χ0n) is 18.7. The quantitative estimate of drug-likeness (QED) is 0.249. The van der Waals surface area contributed by atoms with Crippen molar-refractivity contribution >= 4 is 46.8 Å². The number of carbonyl (C=O) groups excluding carboxylic acids is 2. The summed E-state index contributed by atoms with van der Waals surface area (Å²) in [6.07, 6.45) is 1.99. The van der Waals surface area contributed by atoms with Gasteiger partial charge in [0, 0.05) is 38.3 Å². The number of nitrogens with one attached hydrogen (secondary N) is 2. The van der Waals surface area contributed by atoms with Crippen molar-refractivity contribution in [2.24, 2.45) is 0 Å². The maximum absolute atomic E-state index is 13.7. The molecule has 1 aliphatic heterocycles. The van der Waals surface area contributed by atoms with Crippen LogP contribution in [0.15, 0.2) is 35.5 Å². The van der Waals surface area contributed by atoms with Crippen molar-refractivity contribution in [2.45, 2.75) is 37.9 Å². The lowest BCUT2D eigenvalue weighted by Crippen LogP contribution is -2.56. The number of nitrogens with zero attached hydrogens (tertiary/aromatic N) is 4. The second-order valence-corrected chi connectivity index (χ2v) is 9.05. The standard InChI is InChI=1S/C22H28ClFN6O2S/c1-3-4-9-25-22(32)30-11-10-29(13-15(30)2)19-12-18(23)27-21(28-19)33-14-20(31)26-17-8-6-5-7-16(17)24/h5-8,12,15H,3-4,9-11,13-14H2,1-2H3,(H,25,32)(H,26,31). The summed E-state index contributed by atoms with van der Waals surface area (Å²) < 4.78 is 13.7. The Labute approximate surface area is 202 Å². The number of aromatic nitrogens is 2. The molecule has 1 atom stereocenters. The van der Waals surface area contributed by atoms with E-state index >= 15 is 0 Å². The fourth-order valence-electron chi connectivity index (χ4n) is 3.43. The number of urea groups is 1. The summed E-state index contributed by atoms with van der Waals surface area (Å²) in [5, 5.41) is 6.12. The number of piperazine rings is 1. The number of carbonyl (C=O) groups is 2. The smallest absolute Gasteiger partial charge is 0.317 e. The number of amides is 3. The number of thioether (sulfide) groups is 1. The van der Waals surface area contributed by atoms with Crippen LogP contribution < -0.4 is 15.5 Å². The minimum absolute atomic E-state index is 0.00299. The molecule has 1 aromatic heterocycles. The highest BCUT2D eigenvalue weighted by molar-refractivity contribution is 7.99. The van der Waals surface area contributed by atoms with Gasteiger partial charge in [-0.05, 0) is 25.5 Å². The van der Waals surface area contributed by atoms with Gasteiger partial charge >= 0.3 is 6.03 Å². The number of hydrogen-bond donors (Lipinski definition) is 2. The lowest BCUT2D eigenvalue weighted by atomic mass is 10.2. The molecule has 8 nitrogen and oxygen atoms in total. The Bertz CT molecular complexity index is 982. The van der Waals surface area contributed by atoms with E-state index in [9.17, 15) is 14.0 Å². The van der Waals surface area contributed by atoms with Crippen molar-refractivity contribution in [2.75, 3.05) is 42.1 Å². The van der Waals surface area contributed by atoms with Crippen LogP contribution in [0.4, 0.5) is 20.7 Å². The molecule has 2 aromatic rings. The Morgan fingerprint density at radius 2 is 2.06 bits per heavy atom. The van der Waals surface area contributed by atoms with Crippen LogP contribution in [-0.2, 0) is 4.79 Å². The minimum Gasteiger partial charge on any atom is -0.353 e. The zero-order valence-corrected chi connectivity index (χ0v) is 20.3. The average molecular weight is 495 g/mol. The molecule has 1 unspecified atom stereocenters. The third-order valence-corrected chi connectivity index (χ3v) is 6.20. The molecule has 0 radical (unpaired) electrons. The first kappa shape index (κ1) is 25.0. The number of anilines is 2. The molecule has 3 rings (SSSR count). The van der Waals surface area contributed by atoms with E-state index < -0.39 is 5.82 Å². The number of rotatable bonds is 8. The van der Waals surface area contributed by atoms with E-state index in [2.05, 4.69) is 32.4 Å². The molecule has 1 fully saturated rings. The van der Waals surface area contributed by atoms with Crippen molar-refractivity contribution in [3.05, 3.63) is 41.3 Å². The SMILES string of the molecule is CCCCNC(=O)N1CCN(c2cc(Cl)nc(SCC(=O)Nc3ccccc3F)n2)CC1C. The molecule has 2 N–H and O–H groups in total. The monoisotopic (exact) mass is 494 g/mol. The Morgan fingerprint density at radius 3 is 2.79 bits per heavy atom. The highest BCUT2D eigenvalue weighted by Crippen LogP contribution is 2.24. The topological polar surface area (TPSA) is 90.5 Å². The van der Waals surface area contributed by atoms with E-state index in [1.54, 1.807) is 18.2 Å². The molecule has 0 bridgehead atoms. The van der Waals surface area contributed by atoms with Crippen molar-refractivity contribution in [1.82, 2.24) is 20.2 Å². The molecular formula is C22H28ClFN6O2S. The van der Waals surface area contributed by atoms with Gasteiger partial charge in [-0.15, -0.1) is 0 Å². The summed E-state index contributed by atoms with van der Waals surface area (Å²) in [6.45, 7) is 6.53. The lowest BCUT2D eigenvalue weighted by molar-refractivity contribution is -0.113. The maximum atomic E-state index is 13.7. The molecule has 1 saturated heterocycles. The molecule has 0 saturated carbocycles. The number of para-hydroxylation sites is 1. The maximum Gasteiger partial charge on any atom is 0.317 e. The van der Waals surface area contributed by atoms with Gasteiger partial charge in [-0.3, -0.25) is 4.79 Å². The van der Waals surface area contributed by atoms with E-state index in [-0.39, 0.29) is 34.6 Å². The summed E-state index contributed by atoms with van der Waals surface area (Å²) in [4.78, 5) is 37.2. The van der Waals surface area contributed by atoms with Gasteiger partial charge in [0.15, 0.2) is 5.16 Å². The first-order valence-electron chi connectivity index (χ1n) is 10.9. The highest BCUT2D eigenvalue weighted by Gasteiger charge is 2.28. The number of halogens is 2. The normalized spacial score (nSPS) is 15.9. The summed E-state index contributed by atoms with van der Waals surface area (Å²) in [7, 11) is 0. The van der Waals surface area contributed by atoms with Crippen LogP contribution in [0.2, 0.25) is 5.15 Å². The van der Waals surface area contributed by atoms with Crippen molar-refractivity contribution in [3.63, 3.8) is 0 Å². The first-order chi connectivity index (χ1) is 15.9. The number of benzene rings is 1. The van der Waals surface area contributed by atoms with Crippen LogP contribution in [0.5, 0.6) is 0 Å². The van der Waals surface area contributed by atoms with Crippen molar-refractivity contribution in [3.8, 4) is 0 Å². The van der Waals surface area contributed by atoms with Gasteiger partial charge in [0.05, 0.1) is 11.4 Å². The predicted molar refractivity (Wildman–Crippen MR) is 129 cm³/mol. The third kappa shape index (κ3) is 7.20. The van der Waals surface area contributed by atoms with Gasteiger partial charge < -0.3 is 20.4 Å². The fourth-order valence-corrected chi connectivity index (χ4v) is 4.31. The van der Waals surface area contributed by atoms with Gasteiger partial charge in [-0.2, -0.15) is 0 Å². The molecule has 11 heteroatoms. The van der Waals surface area contributed by atoms with Crippen molar-refractivity contribution < 1.29 is 14.0 Å². The summed E-state index contributed by atoms with van der Waals surface area (Å²) in [5.74, 6) is -0.211. The molecule has 1 aliphatic rings.